The first-order chi connectivity index (χ1) is 10.8. The first-order valence-electron chi connectivity index (χ1n) is 7.62. The number of nitrogens with zero attached hydrogens (tertiary/aromatic N) is 2. The fourth-order valence-corrected chi connectivity index (χ4v) is 2.21. The molecule has 1 aromatic heterocycles. The van der Waals surface area contributed by atoms with Crippen molar-refractivity contribution in [1.29, 1.82) is 0 Å². The molecule has 1 heterocycles. The second kappa shape index (κ2) is 6.81. The number of ether oxygens (including phenoxy) is 1. The molecule has 0 fully saturated rings. The first kappa shape index (κ1) is 17.0. The first-order valence-corrected chi connectivity index (χ1v) is 7.62. The van der Waals surface area contributed by atoms with E-state index in [1.807, 2.05) is 33.8 Å². The summed E-state index contributed by atoms with van der Waals surface area (Å²) >= 11 is 0. The third-order valence-corrected chi connectivity index (χ3v) is 3.57. The molecular weight excluding hydrogens is 296 g/mol. The summed E-state index contributed by atoms with van der Waals surface area (Å²) in [6.07, 6.45) is 0. The number of aromatic nitrogens is 2. The smallest absolute Gasteiger partial charge is 0.342 e. The SMILES string of the molecule is Cc1noc(COC(=O)c2cc(C(C)C)cc(C(C)C)c2O)n1. The summed E-state index contributed by atoms with van der Waals surface area (Å²) in [4.78, 5) is 16.3. The van der Waals surface area contributed by atoms with Gasteiger partial charge in [-0.1, -0.05) is 38.9 Å². The molecule has 0 aliphatic heterocycles. The van der Waals surface area contributed by atoms with Crippen LogP contribution in [0.1, 0.15) is 72.7 Å². The van der Waals surface area contributed by atoms with Gasteiger partial charge in [-0.25, -0.2) is 4.79 Å². The Bertz CT molecular complexity index is 705. The number of benzene rings is 1. The monoisotopic (exact) mass is 318 g/mol. The Morgan fingerprint density at radius 3 is 2.48 bits per heavy atom. The number of rotatable bonds is 5. The van der Waals surface area contributed by atoms with Crippen molar-refractivity contribution in [3.05, 3.63) is 40.5 Å². The van der Waals surface area contributed by atoms with Gasteiger partial charge in [-0.15, -0.1) is 0 Å². The van der Waals surface area contributed by atoms with Crippen LogP contribution in [0.4, 0.5) is 0 Å². The molecule has 0 spiro atoms. The van der Waals surface area contributed by atoms with Gasteiger partial charge < -0.3 is 14.4 Å². The van der Waals surface area contributed by atoms with Crippen molar-refractivity contribution in [3.63, 3.8) is 0 Å². The normalized spacial score (nSPS) is 11.3. The predicted molar refractivity (Wildman–Crippen MR) is 84.4 cm³/mol. The Morgan fingerprint density at radius 2 is 1.96 bits per heavy atom. The van der Waals surface area contributed by atoms with E-state index in [0.29, 0.717) is 5.82 Å². The van der Waals surface area contributed by atoms with Crippen LogP contribution in [0.2, 0.25) is 0 Å². The number of aryl methyl sites for hydroxylation is 1. The Labute approximate surface area is 135 Å². The Kier molecular flexibility index (Phi) is 5.03. The van der Waals surface area contributed by atoms with Crippen LogP contribution in [-0.4, -0.2) is 21.2 Å². The highest BCUT2D eigenvalue weighted by Crippen LogP contribution is 2.33. The zero-order chi connectivity index (χ0) is 17.1. The maximum atomic E-state index is 12.3. The lowest BCUT2D eigenvalue weighted by molar-refractivity contribution is 0.0426. The number of hydrogen-bond donors (Lipinski definition) is 1. The van der Waals surface area contributed by atoms with Crippen molar-refractivity contribution in [3.8, 4) is 5.75 Å². The van der Waals surface area contributed by atoms with E-state index < -0.39 is 5.97 Å². The molecule has 6 heteroatoms. The number of phenols is 1. The quantitative estimate of drug-likeness (QED) is 0.846. The third kappa shape index (κ3) is 3.88. The number of aromatic hydroxyl groups is 1. The number of carbonyl (C=O) groups excluding carboxylic acids is 1. The molecule has 0 radical (unpaired) electrons. The Morgan fingerprint density at radius 1 is 1.26 bits per heavy atom. The van der Waals surface area contributed by atoms with Crippen molar-refractivity contribution < 1.29 is 19.2 Å². The maximum absolute atomic E-state index is 12.3. The molecule has 0 aliphatic carbocycles. The van der Waals surface area contributed by atoms with Crippen LogP contribution in [-0.2, 0) is 11.3 Å². The van der Waals surface area contributed by atoms with E-state index in [2.05, 4.69) is 10.1 Å². The summed E-state index contributed by atoms with van der Waals surface area (Å²) in [5.74, 6) is 0.387. The van der Waals surface area contributed by atoms with E-state index in [9.17, 15) is 9.90 Å². The summed E-state index contributed by atoms with van der Waals surface area (Å²) < 4.78 is 10.1. The molecule has 6 nitrogen and oxygen atoms in total. The number of carbonyl (C=O) groups is 1. The van der Waals surface area contributed by atoms with Crippen LogP contribution in [0.25, 0.3) is 0 Å². The van der Waals surface area contributed by atoms with Crippen LogP contribution >= 0.6 is 0 Å². The molecule has 1 aromatic carbocycles. The van der Waals surface area contributed by atoms with Gasteiger partial charge in [0.05, 0.1) is 0 Å². The molecule has 2 aromatic rings. The maximum Gasteiger partial charge on any atom is 0.342 e. The van der Waals surface area contributed by atoms with Gasteiger partial charge in [-0.05, 0) is 36.0 Å². The van der Waals surface area contributed by atoms with E-state index in [-0.39, 0.29) is 35.6 Å². The molecule has 0 unspecified atom stereocenters. The van der Waals surface area contributed by atoms with Gasteiger partial charge in [-0.2, -0.15) is 4.98 Å². The fourth-order valence-electron chi connectivity index (χ4n) is 2.21. The summed E-state index contributed by atoms with van der Waals surface area (Å²) in [5.41, 5.74) is 1.88. The number of esters is 1. The lowest BCUT2D eigenvalue weighted by Gasteiger charge is -2.16. The minimum Gasteiger partial charge on any atom is -0.507 e. The number of hydrogen-bond acceptors (Lipinski definition) is 6. The average molecular weight is 318 g/mol. The molecule has 0 amide bonds. The molecule has 23 heavy (non-hydrogen) atoms. The molecule has 1 N–H and O–H groups in total. The lowest BCUT2D eigenvalue weighted by atomic mass is 9.92. The van der Waals surface area contributed by atoms with Crippen molar-refractivity contribution in [2.75, 3.05) is 0 Å². The van der Waals surface area contributed by atoms with E-state index in [0.717, 1.165) is 11.1 Å². The molecule has 2 rings (SSSR count). The van der Waals surface area contributed by atoms with Crippen LogP contribution in [0.5, 0.6) is 5.75 Å². The summed E-state index contributed by atoms with van der Waals surface area (Å²) in [5, 5.41) is 14.0. The topological polar surface area (TPSA) is 85.5 Å². The van der Waals surface area contributed by atoms with Gasteiger partial charge >= 0.3 is 5.97 Å². The number of phenolic OH excluding ortho intramolecular Hbond substituents is 1. The van der Waals surface area contributed by atoms with Crippen molar-refractivity contribution in [2.45, 2.75) is 53.1 Å². The van der Waals surface area contributed by atoms with Gasteiger partial charge in [0.25, 0.3) is 5.89 Å². The van der Waals surface area contributed by atoms with Crippen LogP contribution < -0.4 is 0 Å². The largest absolute Gasteiger partial charge is 0.507 e. The van der Waals surface area contributed by atoms with E-state index >= 15 is 0 Å². The zero-order valence-electron chi connectivity index (χ0n) is 14.1. The Hall–Kier alpha value is -2.37. The van der Waals surface area contributed by atoms with Gasteiger partial charge in [0.2, 0.25) is 0 Å². The molecule has 0 aliphatic rings. The van der Waals surface area contributed by atoms with Crippen LogP contribution in [0.15, 0.2) is 16.7 Å². The van der Waals surface area contributed by atoms with Crippen molar-refractivity contribution in [1.82, 2.24) is 10.1 Å². The summed E-state index contributed by atoms with van der Waals surface area (Å²) in [6.45, 7) is 9.56. The second-order valence-electron chi connectivity index (χ2n) is 6.13. The van der Waals surface area contributed by atoms with Gasteiger partial charge in [0.1, 0.15) is 11.3 Å². The molecule has 0 saturated heterocycles. The van der Waals surface area contributed by atoms with E-state index in [4.69, 9.17) is 9.26 Å². The molecule has 124 valence electrons. The highest BCUT2D eigenvalue weighted by atomic mass is 16.6. The molecule has 0 saturated carbocycles. The molecule has 0 bridgehead atoms. The summed E-state index contributed by atoms with van der Waals surface area (Å²) in [6, 6.07) is 3.61. The summed E-state index contributed by atoms with van der Waals surface area (Å²) in [7, 11) is 0. The standard InChI is InChI=1S/C17H22N2O4/c1-9(2)12-6-13(10(3)4)16(20)14(7-12)17(21)22-8-15-18-11(5)19-23-15/h6-7,9-10,20H,8H2,1-5H3. The highest BCUT2D eigenvalue weighted by Gasteiger charge is 2.21. The van der Waals surface area contributed by atoms with Gasteiger partial charge in [0, 0.05) is 0 Å². The lowest BCUT2D eigenvalue weighted by Crippen LogP contribution is -2.09. The third-order valence-electron chi connectivity index (χ3n) is 3.57. The van der Waals surface area contributed by atoms with Crippen molar-refractivity contribution >= 4 is 5.97 Å². The minimum atomic E-state index is -0.609. The zero-order valence-corrected chi connectivity index (χ0v) is 14.1. The van der Waals surface area contributed by atoms with Gasteiger partial charge in [-0.3, -0.25) is 0 Å². The highest BCUT2D eigenvalue weighted by molar-refractivity contribution is 5.93. The minimum absolute atomic E-state index is 0.0314. The average Bonchev–Trinajstić information content (AvgIpc) is 2.90. The second-order valence-corrected chi connectivity index (χ2v) is 6.13. The van der Waals surface area contributed by atoms with Crippen LogP contribution in [0, 0.1) is 6.92 Å². The van der Waals surface area contributed by atoms with Crippen LogP contribution in [0.3, 0.4) is 0 Å². The molecular formula is C17H22N2O4. The Balaban J connectivity index is 2.27. The van der Waals surface area contributed by atoms with E-state index in [1.165, 1.54) is 0 Å². The van der Waals surface area contributed by atoms with E-state index in [1.54, 1.807) is 13.0 Å². The fraction of sp³-hybridized carbons (Fsp3) is 0.471. The van der Waals surface area contributed by atoms with Gasteiger partial charge in [0.15, 0.2) is 12.4 Å². The predicted octanol–water partition coefficient (Wildman–Crippen LogP) is 3.69. The molecule has 0 atom stereocenters. The van der Waals surface area contributed by atoms with Crippen molar-refractivity contribution in [2.24, 2.45) is 0 Å².